The molecule has 2 rings (SSSR count). The Morgan fingerprint density at radius 3 is 2.42 bits per heavy atom. The van der Waals surface area contributed by atoms with E-state index in [9.17, 15) is 9.59 Å². The number of hydrogen-bond acceptors (Lipinski definition) is 5. The van der Waals surface area contributed by atoms with Gasteiger partial charge in [0.15, 0.2) is 11.5 Å². The number of rotatable bonds is 5. The van der Waals surface area contributed by atoms with E-state index < -0.39 is 17.7 Å². The number of alkyl carbamates (subject to hydrolysis) is 1. The second-order valence-corrected chi connectivity index (χ2v) is 7.59. The molecule has 0 aliphatic carbocycles. The van der Waals surface area contributed by atoms with Crippen LogP contribution in [0.5, 0.6) is 0 Å². The Labute approximate surface area is 153 Å². The topological polar surface area (TPSA) is 97.6 Å². The fourth-order valence-corrected chi connectivity index (χ4v) is 2.49. The van der Waals surface area contributed by atoms with Crippen LogP contribution < -0.4 is 10.6 Å². The lowest BCUT2D eigenvalue weighted by Gasteiger charge is -2.26. The summed E-state index contributed by atoms with van der Waals surface area (Å²) < 4.78 is 7.06. The van der Waals surface area contributed by atoms with Crippen LogP contribution in [0.3, 0.4) is 0 Å². The van der Waals surface area contributed by atoms with Gasteiger partial charge in [0.05, 0.1) is 6.04 Å². The minimum Gasteiger partial charge on any atom is -0.444 e. The predicted molar refractivity (Wildman–Crippen MR) is 97.5 cm³/mol. The number of carbonyl (C=O) groups is 2. The van der Waals surface area contributed by atoms with Crippen molar-refractivity contribution < 1.29 is 14.3 Å². The number of pyridine rings is 1. The molecule has 0 spiro atoms. The van der Waals surface area contributed by atoms with Gasteiger partial charge in [0.25, 0.3) is 0 Å². The van der Waals surface area contributed by atoms with Crippen molar-refractivity contribution >= 4 is 17.6 Å². The number of fused-ring (bicyclic) bond motifs is 1. The molecular weight excluding hydrogens is 334 g/mol. The van der Waals surface area contributed by atoms with E-state index in [0.717, 1.165) is 0 Å². The molecule has 8 nitrogen and oxygen atoms in total. The molecule has 0 aromatic carbocycles. The zero-order valence-electron chi connectivity index (χ0n) is 16.1. The van der Waals surface area contributed by atoms with Gasteiger partial charge in [0.1, 0.15) is 11.6 Å². The monoisotopic (exact) mass is 361 g/mol. The molecule has 2 aromatic heterocycles. The SMILES string of the molecule is CC(C)[C@H](NC(=O)OC(C)(C)C)C(=O)N[C@H](C)c1nnc2ccccn12. The second kappa shape index (κ2) is 7.72. The summed E-state index contributed by atoms with van der Waals surface area (Å²) in [6, 6.07) is 4.49. The summed E-state index contributed by atoms with van der Waals surface area (Å²) in [7, 11) is 0. The van der Waals surface area contributed by atoms with Gasteiger partial charge >= 0.3 is 6.09 Å². The third-order valence-electron chi connectivity index (χ3n) is 3.71. The number of aromatic nitrogens is 3. The standard InChI is InChI=1S/C18H27N5O3/c1-11(2)14(20-17(25)26-18(4,5)6)16(24)19-12(3)15-22-21-13-9-7-8-10-23(13)15/h7-12,14H,1-6H3,(H,19,24)(H,20,25)/t12-,14+/m1/s1. The van der Waals surface area contributed by atoms with Gasteiger partial charge in [-0.3, -0.25) is 9.20 Å². The maximum absolute atomic E-state index is 12.7. The third-order valence-corrected chi connectivity index (χ3v) is 3.71. The molecule has 142 valence electrons. The first-order valence-electron chi connectivity index (χ1n) is 8.68. The molecule has 2 atom stereocenters. The van der Waals surface area contributed by atoms with Crippen LogP contribution in [0.2, 0.25) is 0 Å². The Hall–Kier alpha value is -2.64. The minimum absolute atomic E-state index is 0.107. The molecule has 0 aliphatic heterocycles. The Morgan fingerprint density at radius 2 is 1.81 bits per heavy atom. The van der Waals surface area contributed by atoms with Crippen molar-refractivity contribution in [1.82, 2.24) is 25.2 Å². The molecule has 0 aliphatic rings. The fraction of sp³-hybridized carbons (Fsp3) is 0.556. The van der Waals surface area contributed by atoms with Crippen LogP contribution in [-0.4, -0.2) is 38.2 Å². The first kappa shape index (κ1) is 19.7. The molecule has 2 amide bonds. The molecule has 0 fully saturated rings. The number of ether oxygens (including phenoxy) is 1. The van der Waals surface area contributed by atoms with Gasteiger partial charge in [0.2, 0.25) is 5.91 Å². The summed E-state index contributed by atoms with van der Waals surface area (Å²) in [5, 5.41) is 13.8. The van der Waals surface area contributed by atoms with Crippen molar-refractivity contribution in [2.24, 2.45) is 5.92 Å². The van der Waals surface area contributed by atoms with E-state index in [1.54, 1.807) is 20.8 Å². The lowest BCUT2D eigenvalue weighted by Crippen LogP contribution is -2.51. The van der Waals surface area contributed by atoms with Crippen LogP contribution in [0.1, 0.15) is 53.4 Å². The summed E-state index contributed by atoms with van der Waals surface area (Å²) >= 11 is 0. The van der Waals surface area contributed by atoms with Crippen LogP contribution in [0.15, 0.2) is 24.4 Å². The van der Waals surface area contributed by atoms with Crippen LogP contribution in [-0.2, 0) is 9.53 Å². The quantitative estimate of drug-likeness (QED) is 0.852. The fourth-order valence-electron chi connectivity index (χ4n) is 2.49. The molecule has 0 saturated heterocycles. The Morgan fingerprint density at radius 1 is 1.12 bits per heavy atom. The molecule has 2 heterocycles. The number of nitrogens with one attached hydrogen (secondary N) is 2. The van der Waals surface area contributed by atoms with Crippen LogP contribution in [0.25, 0.3) is 5.65 Å². The van der Waals surface area contributed by atoms with Crippen LogP contribution >= 0.6 is 0 Å². The van der Waals surface area contributed by atoms with Crippen molar-refractivity contribution in [3.05, 3.63) is 30.2 Å². The van der Waals surface area contributed by atoms with E-state index in [0.29, 0.717) is 11.5 Å². The summed E-state index contributed by atoms with van der Waals surface area (Å²) in [5.74, 6) is 0.213. The minimum atomic E-state index is -0.716. The van der Waals surface area contributed by atoms with Gasteiger partial charge in [-0.25, -0.2) is 4.79 Å². The van der Waals surface area contributed by atoms with Crippen LogP contribution in [0.4, 0.5) is 4.79 Å². The van der Waals surface area contributed by atoms with E-state index in [1.165, 1.54) is 0 Å². The maximum Gasteiger partial charge on any atom is 0.408 e. The van der Waals surface area contributed by atoms with Crippen molar-refractivity contribution in [3.63, 3.8) is 0 Å². The van der Waals surface area contributed by atoms with Gasteiger partial charge in [-0.15, -0.1) is 10.2 Å². The third kappa shape index (κ3) is 4.93. The zero-order valence-corrected chi connectivity index (χ0v) is 16.1. The highest BCUT2D eigenvalue weighted by molar-refractivity contribution is 5.86. The number of nitrogens with zero attached hydrogens (tertiary/aromatic N) is 3. The number of carbonyl (C=O) groups excluding carboxylic acids is 2. The molecule has 0 bridgehead atoms. The highest BCUT2D eigenvalue weighted by Gasteiger charge is 2.28. The largest absolute Gasteiger partial charge is 0.444 e. The van der Waals surface area contributed by atoms with Crippen molar-refractivity contribution in [2.75, 3.05) is 0 Å². The molecule has 0 radical (unpaired) electrons. The molecule has 0 saturated carbocycles. The molecule has 26 heavy (non-hydrogen) atoms. The van der Waals surface area contributed by atoms with Gasteiger partial charge in [-0.2, -0.15) is 0 Å². The average molecular weight is 361 g/mol. The Kier molecular flexibility index (Phi) is 5.84. The normalized spacial score (nSPS) is 14.1. The Balaban J connectivity index is 2.08. The maximum atomic E-state index is 12.7. The highest BCUT2D eigenvalue weighted by Crippen LogP contribution is 2.14. The molecule has 2 N–H and O–H groups in total. The highest BCUT2D eigenvalue weighted by atomic mass is 16.6. The van der Waals surface area contributed by atoms with Crippen molar-refractivity contribution in [2.45, 2.75) is 59.2 Å². The van der Waals surface area contributed by atoms with Gasteiger partial charge in [-0.1, -0.05) is 19.9 Å². The van der Waals surface area contributed by atoms with E-state index in [4.69, 9.17) is 4.74 Å². The van der Waals surface area contributed by atoms with E-state index in [-0.39, 0.29) is 17.9 Å². The van der Waals surface area contributed by atoms with Gasteiger partial charge in [0, 0.05) is 6.20 Å². The van der Waals surface area contributed by atoms with Crippen LogP contribution in [0, 0.1) is 5.92 Å². The van der Waals surface area contributed by atoms with E-state index in [1.807, 2.05) is 49.6 Å². The molecular formula is C18H27N5O3. The first-order valence-corrected chi connectivity index (χ1v) is 8.68. The summed E-state index contributed by atoms with van der Waals surface area (Å²) in [6.45, 7) is 10.9. The molecule has 8 heteroatoms. The van der Waals surface area contributed by atoms with Crippen molar-refractivity contribution in [3.8, 4) is 0 Å². The lowest BCUT2D eigenvalue weighted by atomic mass is 10.0. The molecule has 0 unspecified atom stereocenters. The number of amides is 2. The van der Waals surface area contributed by atoms with E-state index in [2.05, 4.69) is 20.8 Å². The first-order chi connectivity index (χ1) is 12.1. The average Bonchev–Trinajstić information content (AvgIpc) is 2.94. The molecule has 2 aromatic rings. The summed E-state index contributed by atoms with van der Waals surface area (Å²) in [6.07, 6.45) is 1.22. The van der Waals surface area contributed by atoms with Gasteiger partial charge < -0.3 is 15.4 Å². The number of hydrogen-bond donors (Lipinski definition) is 2. The Bertz CT molecular complexity index is 778. The van der Waals surface area contributed by atoms with Gasteiger partial charge in [-0.05, 0) is 45.7 Å². The second-order valence-electron chi connectivity index (χ2n) is 7.59. The predicted octanol–water partition coefficient (Wildman–Crippen LogP) is 2.46. The summed E-state index contributed by atoms with van der Waals surface area (Å²) in [5.41, 5.74) is 0.0754. The zero-order chi connectivity index (χ0) is 19.5. The summed E-state index contributed by atoms with van der Waals surface area (Å²) in [4.78, 5) is 24.7. The smallest absolute Gasteiger partial charge is 0.408 e. The lowest BCUT2D eigenvalue weighted by molar-refractivity contribution is -0.124. The van der Waals surface area contributed by atoms with E-state index >= 15 is 0 Å². The van der Waals surface area contributed by atoms with Crippen molar-refractivity contribution in [1.29, 1.82) is 0 Å².